The third kappa shape index (κ3) is 7.44. The standard InChI is InChI=1S/C30H33FO4/c1-20(15-29(32)33)22-7-6-8-25(17-22)35-19-21-9-11-26(23(16-21)13-14-30(2,3)4)27-18-24(34-5)10-12-28(27)31/h6-14,16-18,20H,15,19H2,1-5H3,(H,32,33)/b14-13+/t20-/m0/s1. The highest BCUT2D eigenvalue weighted by molar-refractivity contribution is 5.77. The molecule has 0 radical (unpaired) electrons. The summed E-state index contributed by atoms with van der Waals surface area (Å²) in [5, 5.41) is 9.07. The van der Waals surface area contributed by atoms with E-state index in [1.165, 1.54) is 6.07 Å². The number of halogens is 1. The number of benzene rings is 3. The van der Waals surface area contributed by atoms with Crippen LogP contribution in [0.2, 0.25) is 0 Å². The average molecular weight is 477 g/mol. The fourth-order valence-corrected chi connectivity index (χ4v) is 3.72. The van der Waals surface area contributed by atoms with E-state index in [0.717, 1.165) is 22.3 Å². The monoisotopic (exact) mass is 476 g/mol. The quantitative estimate of drug-likeness (QED) is 0.343. The number of hydrogen-bond donors (Lipinski definition) is 1. The van der Waals surface area contributed by atoms with Gasteiger partial charge in [-0.25, -0.2) is 4.39 Å². The van der Waals surface area contributed by atoms with Crippen LogP contribution in [-0.4, -0.2) is 18.2 Å². The van der Waals surface area contributed by atoms with E-state index in [9.17, 15) is 9.18 Å². The van der Waals surface area contributed by atoms with Crippen molar-refractivity contribution in [2.24, 2.45) is 5.41 Å². The highest BCUT2D eigenvalue weighted by Gasteiger charge is 2.14. The molecule has 5 heteroatoms. The summed E-state index contributed by atoms with van der Waals surface area (Å²) in [5.41, 5.74) is 3.96. The molecule has 35 heavy (non-hydrogen) atoms. The maximum absolute atomic E-state index is 14.8. The first-order valence-corrected chi connectivity index (χ1v) is 11.7. The van der Waals surface area contributed by atoms with Gasteiger partial charge < -0.3 is 14.6 Å². The molecule has 3 aromatic rings. The van der Waals surface area contributed by atoms with Crippen molar-refractivity contribution in [3.63, 3.8) is 0 Å². The molecular weight excluding hydrogens is 443 g/mol. The zero-order valence-corrected chi connectivity index (χ0v) is 21.0. The number of carbonyl (C=O) groups is 1. The van der Waals surface area contributed by atoms with Crippen molar-refractivity contribution in [3.8, 4) is 22.6 Å². The molecule has 0 aliphatic carbocycles. The predicted molar refractivity (Wildman–Crippen MR) is 138 cm³/mol. The summed E-state index contributed by atoms with van der Waals surface area (Å²) in [5.74, 6) is 0.0213. The molecule has 1 N–H and O–H groups in total. The second-order valence-corrected chi connectivity index (χ2v) is 9.83. The van der Waals surface area contributed by atoms with Gasteiger partial charge in [0.2, 0.25) is 0 Å². The number of methoxy groups -OCH3 is 1. The first-order chi connectivity index (χ1) is 16.6. The molecule has 0 heterocycles. The summed E-state index contributed by atoms with van der Waals surface area (Å²) in [7, 11) is 1.56. The molecule has 0 aliphatic heterocycles. The van der Waals surface area contributed by atoms with Gasteiger partial charge in [0.25, 0.3) is 0 Å². The first-order valence-electron chi connectivity index (χ1n) is 11.7. The number of rotatable bonds is 9. The molecule has 1 atom stereocenters. The number of aliphatic carboxylic acids is 1. The van der Waals surface area contributed by atoms with E-state index >= 15 is 0 Å². The Bertz CT molecular complexity index is 1210. The van der Waals surface area contributed by atoms with E-state index in [1.54, 1.807) is 19.2 Å². The topological polar surface area (TPSA) is 55.8 Å². The van der Waals surface area contributed by atoms with E-state index in [0.29, 0.717) is 23.7 Å². The minimum atomic E-state index is -0.827. The van der Waals surface area contributed by atoms with Crippen molar-refractivity contribution in [2.75, 3.05) is 7.11 Å². The van der Waals surface area contributed by atoms with E-state index in [4.69, 9.17) is 14.6 Å². The van der Waals surface area contributed by atoms with Crippen molar-refractivity contribution in [3.05, 3.63) is 89.2 Å². The maximum Gasteiger partial charge on any atom is 0.303 e. The van der Waals surface area contributed by atoms with E-state index in [1.807, 2.05) is 55.5 Å². The smallest absolute Gasteiger partial charge is 0.303 e. The summed E-state index contributed by atoms with van der Waals surface area (Å²) < 4.78 is 26.1. The molecule has 0 aromatic heterocycles. The van der Waals surface area contributed by atoms with Gasteiger partial charge in [-0.15, -0.1) is 0 Å². The summed E-state index contributed by atoms with van der Waals surface area (Å²) in [6.07, 6.45) is 4.18. The summed E-state index contributed by atoms with van der Waals surface area (Å²) in [6.45, 7) is 8.55. The molecule has 3 rings (SSSR count). The van der Waals surface area contributed by atoms with Gasteiger partial charge in [0.15, 0.2) is 0 Å². The molecule has 0 amide bonds. The Hall–Kier alpha value is -3.60. The lowest BCUT2D eigenvalue weighted by Crippen LogP contribution is -2.03. The Kier molecular flexibility index (Phi) is 8.34. The molecule has 0 fully saturated rings. The fourth-order valence-electron chi connectivity index (χ4n) is 3.72. The molecule has 0 unspecified atom stereocenters. The van der Waals surface area contributed by atoms with Gasteiger partial charge in [-0.2, -0.15) is 0 Å². The molecule has 0 saturated carbocycles. The van der Waals surface area contributed by atoms with Gasteiger partial charge in [-0.3, -0.25) is 4.79 Å². The van der Waals surface area contributed by atoms with E-state index < -0.39 is 5.97 Å². The Labute approximate surface area is 207 Å². The Morgan fingerprint density at radius 2 is 1.80 bits per heavy atom. The largest absolute Gasteiger partial charge is 0.497 e. The summed E-state index contributed by atoms with van der Waals surface area (Å²) in [6, 6.07) is 18.1. The minimum Gasteiger partial charge on any atom is -0.497 e. The second-order valence-electron chi connectivity index (χ2n) is 9.83. The number of allylic oxidation sites excluding steroid dienone is 1. The number of carboxylic acids is 1. The third-order valence-electron chi connectivity index (χ3n) is 5.66. The van der Waals surface area contributed by atoms with Gasteiger partial charge in [-0.05, 0) is 70.0 Å². The van der Waals surface area contributed by atoms with Gasteiger partial charge >= 0.3 is 5.97 Å². The van der Waals surface area contributed by atoms with Gasteiger partial charge in [0.05, 0.1) is 13.5 Å². The molecule has 0 saturated heterocycles. The highest BCUT2D eigenvalue weighted by atomic mass is 19.1. The van der Waals surface area contributed by atoms with Crippen LogP contribution in [0.5, 0.6) is 11.5 Å². The van der Waals surface area contributed by atoms with Crippen molar-refractivity contribution >= 4 is 12.0 Å². The minimum absolute atomic E-state index is 0.0379. The Morgan fingerprint density at radius 3 is 2.49 bits per heavy atom. The van der Waals surface area contributed by atoms with Crippen LogP contribution < -0.4 is 9.47 Å². The van der Waals surface area contributed by atoms with Crippen LogP contribution in [0.25, 0.3) is 17.2 Å². The van der Waals surface area contributed by atoms with Gasteiger partial charge in [-0.1, -0.05) is 64.1 Å². The highest BCUT2D eigenvalue weighted by Crippen LogP contribution is 2.32. The average Bonchev–Trinajstić information content (AvgIpc) is 2.81. The van der Waals surface area contributed by atoms with Crippen molar-refractivity contribution in [1.82, 2.24) is 0 Å². The SMILES string of the molecule is COc1ccc(F)c(-c2ccc(COc3cccc([C@@H](C)CC(=O)O)c3)cc2/C=C/C(C)(C)C)c1. The lowest BCUT2D eigenvalue weighted by molar-refractivity contribution is -0.137. The van der Waals surface area contributed by atoms with Crippen LogP contribution in [0.15, 0.2) is 66.7 Å². The molecular formula is C30H33FO4. The maximum atomic E-state index is 14.8. The van der Waals surface area contributed by atoms with Gasteiger partial charge in [0.1, 0.15) is 23.9 Å². The van der Waals surface area contributed by atoms with Crippen LogP contribution in [-0.2, 0) is 11.4 Å². The zero-order chi connectivity index (χ0) is 25.6. The van der Waals surface area contributed by atoms with E-state index in [-0.39, 0.29) is 23.6 Å². The lowest BCUT2D eigenvalue weighted by Gasteiger charge is -2.15. The summed E-state index contributed by atoms with van der Waals surface area (Å²) >= 11 is 0. The molecule has 184 valence electrons. The fraction of sp³-hybridized carbons (Fsp3) is 0.300. The van der Waals surface area contributed by atoms with Crippen LogP contribution in [0.4, 0.5) is 4.39 Å². The Balaban J connectivity index is 1.89. The first kappa shape index (κ1) is 26.0. The van der Waals surface area contributed by atoms with Crippen molar-refractivity contribution in [2.45, 2.75) is 46.6 Å². The molecule has 3 aromatic carbocycles. The zero-order valence-electron chi connectivity index (χ0n) is 21.0. The number of hydrogen-bond acceptors (Lipinski definition) is 3. The third-order valence-corrected chi connectivity index (χ3v) is 5.66. The molecule has 0 spiro atoms. The van der Waals surface area contributed by atoms with Crippen LogP contribution in [0, 0.1) is 11.2 Å². The molecule has 0 bridgehead atoms. The normalized spacial score (nSPS) is 12.5. The van der Waals surface area contributed by atoms with Gasteiger partial charge in [0, 0.05) is 5.56 Å². The van der Waals surface area contributed by atoms with Crippen LogP contribution in [0.1, 0.15) is 56.7 Å². The number of carboxylic acid groups (broad SMARTS) is 1. The van der Waals surface area contributed by atoms with Crippen LogP contribution in [0.3, 0.4) is 0 Å². The lowest BCUT2D eigenvalue weighted by atomic mass is 9.92. The number of ether oxygens (including phenoxy) is 2. The predicted octanol–water partition coefficient (Wildman–Crippen LogP) is 7.72. The molecule has 4 nitrogen and oxygen atoms in total. The van der Waals surface area contributed by atoms with Crippen LogP contribution >= 0.6 is 0 Å². The van der Waals surface area contributed by atoms with Crippen molar-refractivity contribution in [1.29, 1.82) is 0 Å². The summed E-state index contributed by atoms with van der Waals surface area (Å²) in [4.78, 5) is 11.0. The molecule has 0 aliphatic rings. The second kappa shape index (κ2) is 11.2. The van der Waals surface area contributed by atoms with Crippen molar-refractivity contribution < 1.29 is 23.8 Å². The Morgan fingerprint density at radius 1 is 1.03 bits per heavy atom. The van der Waals surface area contributed by atoms with E-state index in [2.05, 4.69) is 26.8 Å².